The number of benzene rings is 1. The highest BCUT2D eigenvalue weighted by atomic mass is 35.5. The molecule has 0 spiro atoms. The molecule has 0 aliphatic heterocycles. The van der Waals surface area contributed by atoms with Crippen LogP contribution in [0.1, 0.15) is 34.4 Å². The Kier molecular flexibility index (Phi) is 6.17. The predicted molar refractivity (Wildman–Crippen MR) is 112 cm³/mol. The van der Waals surface area contributed by atoms with E-state index in [0.717, 1.165) is 12.8 Å². The van der Waals surface area contributed by atoms with Crippen LogP contribution in [0.15, 0.2) is 46.9 Å². The number of carbonyl (C=O) groups excluding carboxylic acids is 2. The number of carbonyl (C=O) groups is 2. The molecule has 1 aliphatic carbocycles. The van der Waals surface area contributed by atoms with Gasteiger partial charge in [-0.2, -0.15) is 0 Å². The molecular formula is C19H17ClN4O3S2. The Morgan fingerprint density at radius 3 is 2.79 bits per heavy atom. The zero-order chi connectivity index (χ0) is 20.2. The standard InChI is InChI=1S/C19H17ClN4O3S2/c20-13-4-1-2-5-14(13)27-10-16-22-23-19(24(16)12-7-8-12)29-11-17(25)21-18(26)15-6-3-9-28-15/h1-6,9,12H,7-8,10-11H2,(H,21,25,26). The number of para-hydroxylation sites is 1. The summed E-state index contributed by atoms with van der Waals surface area (Å²) in [6.45, 7) is 0.233. The van der Waals surface area contributed by atoms with Crippen molar-refractivity contribution in [1.29, 1.82) is 0 Å². The van der Waals surface area contributed by atoms with Crippen LogP contribution in [-0.2, 0) is 11.4 Å². The summed E-state index contributed by atoms with van der Waals surface area (Å²) in [4.78, 5) is 24.6. The van der Waals surface area contributed by atoms with Crippen LogP contribution < -0.4 is 10.1 Å². The lowest BCUT2D eigenvalue weighted by Gasteiger charge is -2.10. The van der Waals surface area contributed by atoms with E-state index in [0.29, 0.717) is 32.7 Å². The molecular weight excluding hydrogens is 432 g/mol. The molecule has 29 heavy (non-hydrogen) atoms. The second kappa shape index (κ2) is 8.98. The van der Waals surface area contributed by atoms with Gasteiger partial charge < -0.3 is 4.74 Å². The fourth-order valence-electron chi connectivity index (χ4n) is 2.67. The third kappa shape index (κ3) is 4.98. The van der Waals surface area contributed by atoms with Crippen LogP contribution in [0.4, 0.5) is 0 Å². The van der Waals surface area contributed by atoms with Crippen molar-refractivity contribution < 1.29 is 14.3 Å². The van der Waals surface area contributed by atoms with Crippen molar-refractivity contribution in [2.24, 2.45) is 0 Å². The van der Waals surface area contributed by atoms with Crippen molar-refractivity contribution in [3.05, 3.63) is 57.5 Å². The van der Waals surface area contributed by atoms with Gasteiger partial charge in [-0.3, -0.25) is 19.5 Å². The van der Waals surface area contributed by atoms with E-state index in [9.17, 15) is 9.59 Å². The number of nitrogens with zero attached hydrogens (tertiary/aromatic N) is 3. The molecule has 2 amide bonds. The normalized spacial score (nSPS) is 13.3. The molecule has 2 aromatic heterocycles. The molecule has 0 atom stereocenters. The van der Waals surface area contributed by atoms with E-state index in [4.69, 9.17) is 16.3 Å². The van der Waals surface area contributed by atoms with Gasteiger partial charge >= 0.3 is 0 Å². The van der Waals surface area contributed by atoms with Gasteiger partial charge in [0.05, 0.1) is 15.7 Å². The Morgan fingerprint density at radius 1 is 1.24 bits per heavy atom. The maximum atomic E-state index is 12.1. The molecule has 150 valence electrons. The summed E-state index contributed by atoms with van der Waals surface area (Å²) < 4.78 is 7.80. The van der Waals surface area contributed by atoms with Gasteiger partial charge in [-0.15, -0.1) is 21.5 Å². The van der Waals surface area contributed by atoms with Crippen LogP contribution >= 0.6 is 34.7 Å². The van der Waals surface area contributed by atoms with Crippen molar-refractivity contribution in [2.45, 2.75) is 30.6 Å². The number of nitrogens with one attached hydrogen (secondary N) is 1. The zero-order valence-electron chi connectivity index (χ0n) is 15.2. The van der Waals surface area contributed by atoms with Crippen molar-refractivity contribution >= 4 is 46.5 Å². The number of ether oxygens (including phenoxy) is 1. The molecule has 1 aliphatic rings. The summed E-state index contributed by atoms with van der Waals surface area (Å²) in [5, 5.41) is 13.8. The topological polar surface area (TPSA) is 86.1 Å². The minimum Gasteiger partial charge on any atom is -0.484 e. The number of rotatable bonds is 8. The first-order chi connectivity index (χ1) is 14.1. The van der Waals surface area contributed by atoms with Crippen LogP contribution in [0, 0.1) is 0 Å². The van der Waals surface area contributed by atoms with E-state index >= 15 is 0 Å². The summed E-state index contributed by atoms with van der Waals surface area (Å²) >= 11 is 8.67. The molecule has 1 saturated carbocycles. The molecule has 1 aromatic carbocycles. The van der Waals surface area contributed by atoms with Crippen LogP contribution in [0.5, 0.6) is 5.75 Å². The summed E-state index contributed by atoms with van der Waals surface area (Å²) in [5.74, 6) is 0.591. The number of thiophene rings is 1. The van der Waals surface area contributed by atoms with E-state index in [1.165, 1.54) is 23.1 Å². The Bertz CT molecular complexity index is 1020. The number of thioether (sulfide) groups is 1. The van der Waals surface area contributed by atoms with Gasteiger partial charge in [0.2, 0.25) is 5.91 Å². The Morgan fingerprint density at radius 2 is 2.07 bits per heavy atom. The van der Waals surface area contributed by atoms with Crippen LogP contribution in [0.25, 0.3) is 0 Å². The SMILES string of the molecule is O=C(CSc1nnc(COc2ccccc2Cl)n1C1CC1)NC(=O)c1cccs1. The van der Waals surface area contributed by atoms with Gasteiger partial charge in [0.25, 0.3) is 5.91 Å². The highest BCUT2D eigenvalue weighted by Crippen LogP contribution is 2.39. The van der Waals surface area contributed by atoms with Gasteiger partial charge in [0.15, 0.2) is 11.0 Å². The van der Waals surface area contributed by atoms with E-state index < -0.39 is 0 Å². The molecule has 1 fully saturated rings. The van der Waals surface area contributed by atoms with Crippen molar-refractivity contribution in [3.63, 3.8) is 0 Å². The van der Waals surface area contributed by atoms with E-state index in [-0.39, 0.29) is 24.2 Å². The molecule has 2 heterocycles. The minimum atomic E-state index is -0.386. The highest BCUT2D eigenvalue weighted by Gasteiger charge is 2.30. The monoisotopic (exact) mass is 448 g/mol. The second-order valence-corrected chi connectivity index (χ2v) is 8.66. The number of imide groups is 1. The van der Waals surface area contributed by atoms with Crippen LogP contribution in [0.2, 0.25) is 5.02 Å². The Balaban J connectivity index is 1.37. The molecule has 3 aromatic rings. The van der Waals surface area contributed by atoms with Gasteiger partial charge in [-0.1, -0.05) is 41.6 Å². The number of hydrogen-bond acceptors (Lipinski definition) is 7. The zero-order valence-corrected chi connectivity index (χ0v) is 17.6. The minimum absolute atomic E-state index is 0.0767. The molecule has 0 bridgehead atoms. The first kappa shape index (κ1) is 19.9. The Labute approximate surface area is 180 Å². The lowest BCUT2D eigenvalue weighted by Crippen LogP contribution is -2.31. The molecule has 0 radical (unpaired) electrons. The van der Waals surface area contributed by atoms with Crippen molar-refractivity contribution in [2.75, 3.05) is 5.75 Å². The Hall–Kier alpha value is -2.36. The first-order valence-electron chi connectivity index (χ1n) is 8.93. The average Bonchev–Trinajstić information content (AvgIpc) is 3.24. The molecule has 0 unspecified atom stereocenters. The summed E-state index contributed by atoms with van der Waals surface area (Å²) in [5.41, 5.74) is 0. The maximum Gasteiger partial charge on any atom is 0.267 e. The van der Waals surface area contributed by atoms with Crippen molar-refractivity contribution in [3.8, 4) is 5.75 Å². The van der Waals surface area contributed by atoms with Gasteiger partial charge in [0.1, 0.15) is 12.4 Å². The molecule has 7 nitrogen and oxygen atoms in total. The van der Waals surface area contributed by atoms with E-state index in [1.54, 1.807) is 29.6 Å². The van der Waals surface area contributed by atoms with Gasteiger partial charge in [-0.25, -0.2) is 0 Å². The third-order valence-electron chi connectivity index (χ3n) is 4.17. The largest absolute Gasteiger partial charge is 0.484 e. The summed E-state index contributed by atoms with van der Waals surface area (Å²) in [7, 11) is 0. The van der Waals surface area contributed by atoms with Crippen molar-refractivity contribution in [1.82, 2.24) is 20.1 Å². The highest BCUT2D eigenvalue weighted by molar-refractivity contribution is 7.99. The number of aromatic nitrogens is 3. The summed E-state index contributed by atoms with van der Waals surface area (Å²) in [6, 6.07) is 11.0. The maximum absolute atomic E-state index is 12.1. The predicted octanol–water partition coefficient (Wildman–Crippen LogP) is 3.96. The molecule has 10 heteroatoms. The lowest BCUT2D eigenvalue weighted by atomic mass is 10.3. The molecule has 0 saturated heterocycles. The van der Waals surface area contributed by atoms with Crippen LogP contribution in [-0.4, -0.2) is 32.3 Å². The fraction of sp³-hybridized carbons (Fsp3) is 0.263. The van der Waals surface area contributed by atoms with E-state index in [2.05, 4.69) is 15.5 Å². The number of amides is 2. The molecule has 4 rings (SSSR count). The number of hydrogen-bond donors (Lipinski definition) is 1. The van der Waals surface area contributed by atoms with E-state index in [1.807, 2.05) is 16.7 Å². The second-order valence-electron chi connectivity index (χ2n) is 6.36. The quantitative estimate of drug-likeness (QED) is 0.525. The first-order valence-corrected chi connectivity index (χ1v) is 11.2. The third-order valence-corrected chi connectivity index (χ3v) is 6.29. The summed E-state index contributed by atoms with van der Waals surface area (Å²) in [6.07, 6.45) is 2.07. The average molecular weight is 449 g/mol. The fourth-order valence-corrected chi connectivity index (χ4v) is 4.30. The molecule has 1 N–H and O–H groups in total. The number of halogens is 1. The lowest BCUT2D eigenvalue weighted by molar-refractivity contribution is -0.117. The smallest absolute Gasteiger partial charge is 0.267 e. The van der Waals surface area contributed by atoms with Crippen LogP contribution in [0.3, 0.4) is 0 Å². The van der Waals surface area contributed by atoms with Gasteiger partial charge in [-0.05, 0) is 36.4 Å². The van der Waals surface area contributed by atoms with Gasteiger partial charge in [0, 0.05) is 6.04 Å².